The van der Waals surface area contributed by atoms with Gasteiger partial charge in [-0.3, -0.25) is 9.59 Å². The molecule has 1 atom stereocenters. The van der Waals surface area contributed by atoms with Crippen molar-refractivity contribution in [3.8, 4) is 0 Å². The normalized spacial score (nSPS) is 16.9. The van der Waals surface area contributed by atoms with E-state index in [1.807, 2.05) is 0 Å². The summed E-state index contributed by atoms with van der Waals surface area (Å²) in [5, 5.41) is 3.27. The van der Waals surface area contributed by atoms with Gasteiger partial charge in [-0.2, -0.15) is 0 Å². The zero-order chi connectivity index (χ0) is 18.1. The summed E-state index contributed by atoms with van der Waals surface area (Å²) in [5.41, 5.74) is 6.39. The standard InChI is InChI=1S/C16H14Cl3N3O2S/c17-9-6-8(7-10(18)14(9)20)21-15(23)11-2-1-5-22(11)16(24)12-3-4-13(19)25-12/h3-4,6-7,11H,1-2,5,20H2,(H,21,23)/t11-/m0/s1. The summed E-state index contributed by atoms with van der Waals surface area (Å²) in [4.78, 5) is 27.3. The summed E-state index contributed by atoms with van der Waals surface area (Å²) in [7, 11) is 0. The number of nitrogens with one attached hydrogen (secondary N) is 1. The van der Waals surface area contributed by atoms with Crippen LogP contribution in [0.1, 0.15) is 22.5 Å². The Labute approximate surface area is 163 Å². The van der Waals surface area contributed by atoms with Crippen molar-refractivity contribution in [2.45, 2.75) is 18.9 Å². The van der Waals surface area contributed by atoms with Crippen LogP contribution in [0.25, 0.3) is 0 Å². The van der Waals surface area contributed by atoms with E-state index in [9.17, 15) is 9.59 Å². The van der Waals surface area contributed by atoms with Gasteiger partial charge in [-0.25, -0.2) is 0 Å². The van der Waals surface area contributed by atoms with Crippen LogP contribution in [0.4, 0.5) is 11.4 Å². The van der Waals surface area contributed by atoms with E-state index in [4.69, 9.17) is 40.5 Å². The Morgan fingerprint density at radius 3 is 2.48 bits per heavy atom. The van der Waals surface area contributed by atoms with Crippen molar-refractivity contribution in [1.29, 1.82) is 0 Å². The van der Waals surface area contributed by atoms with Crippen LogP contribution in [-0.4, -0.2) is 29.3 Å². The number of rotatable bonds is 3. The van der Waals surface area contributed by atoms with Gasteiger partial charge in [0.25, 0.3) is 5.91 Å². The number of benzene rings is 1. The highest BCUT2D eigenvalue weighted by Gasteiger charge is 2.35. The average Bonchev–Trinajstić information content (AvgIpc) is 3.20. The second-order valence-electron chi connectivity index (χ2n) is 5.60. The Morgan fingerprint density at radius 2 is 1.88 bits per heavy atom. The lowest BCUT2D eigenvalue weighted by molar-refractivity contribution is -0.119. The molecule has 3 N–H and O–H groups in total. The molecule has 0 radical (unpaired) electrons. The predicted molar refractivity (Wildman–Crippen MR) is 103 cm³/mol. The molecule has 0 bridgehead atoms. The largest absolute Gasteiger partial charge is 0.396 e. The lowest BCUT2D eigenvalue weighted by atomic mass is 10.2. The van der Waals surface area contributed by atoms with Gasteiger partial charge in [0.2, 0.25) is 5.91 Å². The van der Waals surface area contributed by atoms with E-state index in [1.54, 1.807) is 17.0 Å². The highest BCUT2D eigenvalue weighted by atomic mass is 35.5. The van der Waals surface area contributed by atoms with Crippen molar-refractivity contribution in [1.82, 2.24) is 4.90 Å². The van der Waals surface area contributed by atoms with Crippen LogP contribution in [0.3, 0.4) is 0 Å². The third-order valence-electron chi connectivity index (χ3n) is 3.95. The molecule has 1 saturated heterocycles. The molecule has 0 saturated carbocycles. The number of halogens is 3. The van der Waals surface area contributed by atoms with Crippen LogP contribution >= 0.6 is 46.1 Å². The van der Waals surface area contributed by atoms with Crippen LogP contribution in [0, 0.1) is 0 Å². The minimum atomic E-state index is -0.552. The number of amides is 2. The lowest BCUT2D eigenvalue weighted by Crippen LogP contribution is -2.42. The predicted octanol–water partition coefficient (Wildman–Crippen LogP) is 4.53. The van der Waals surface area contributed by atoms with E-state index in [2.05, 4.69) is 5.32 Å². The first kappa shape index (κ1) is 18.3. The van der Waals surface area contributed by atoms with Crippen LogP contribution in [0.5, 0.6) is 0 Å². The molecule has 0 unspecified atom stereocenters. The van der Waals surface area contributed by atoms with E-state index < -0.39 is 6.04 Å². The molecule has 132 valence electrons. The number of likely N-dealkylation sites (tertiary alicyclic amines) is 1. The van der Waals surface area contributed by atoms with Crippen molar-refractivity contribution in [3.05, 3.63) is 43.5 Å². The van der Waals surface area contributed by atoms with Crippen LogP contribution in [-0.2, 0) is 4.79 Å². The van der Waals surface area contributed by atoms with E-state index in [1.165, 1.54) is 23.5 Å². The van der Waals surface area contributed by atoms with Crippen molar-refractivity contribution in [2.24, 2.45) is 0 Å². The number of nitrogen functional groups attached to an aromatic ring is 1. The highest BCUT2D eigenvalue weighted by molar-refractivity contribution is 7.18. The molecule has 9 heteroatoms. The number of hydrogen-bond donors (Lipinski definition) is 2. The Hall–Kier alpha value is -1.47. The van der Waals surface area contributed by atoms with Crippen LogP contribution in [0.2, 0.25) is 14.4 Å². The third kappa shape index (κ3) is 3.87. The number of carbonyl (C=O) groups excluding carboxylic acids is 2. The van der Waals surface area contributed by atoms with Gasteiger partial charge in [0.1, 0.15) is 6.04 Å². The third-order valence-corrected chi connectivity index (χ3v) is 5.79. The number of thiophene rings is 1. The Morgan fingerprint density at radius 1 is 1.20 bits per heavy atom. The molecular weight excluding hydrogens is 405 g/mol. The van der Waals surface area contributed by atoms with Crippen molar-refractivity contribution in [3.63, 3.8) is 0 Å². The summed E-state index contributed by atoms with van der Waals surface area (Å²) in [6.45, 7) is 0.524. The number of nitrogens with zero attached hydrogens (tertiary/aromatic N) is 1. The fraction of sp³-hybridized carbons (Fsp3) is 0.250. The summed E-state index contributed by atoms with van der Waals surface area (Å²) in [5.74, 6) is -0.478. The van der Waals surface area contributed by atoms with E-state index in [0.29, 0.717) is 27.9 Å². The number of hydrogen-bond acceptors (Lipinski definition) is 4. The Balaban J connectivity index is 1.76. The molecular formula is C16H14Cl3N3O2S. The van der Waals surface area contributed by atoms with Crippen molar-refractivity contribution in [2.75, 3.05) is 17.6 Å². The number of anilines is 2. The Bertz CT molecular complexity index is 817. The Kier molecular flexibility index (Phi) is 5.43. The smallest absolute Gasteiger partial charge is 0.264 e. The average molecular weight is 419 g/mol. The first-order valence-electron chi connectivity index (χ1n) is 7.48. The van der Waals surface area contributed by atoms with Gasteiger partial charge in [-0.05, 0) is 37.1 Å². The first-order valence-corrected chi connectivity index (χ1v) is 9.43. The van der Waals surface area contributed by atoms with E-state index >= 15 is 0 Å². The van der Waals surface area contributed by atoms with Crippen molar-refractivity contribution >= 4 is 69.3 Å². The molecule has 2 heterocycles. The van der Waals surface area contributed by atoms with Gasteiger partial charge in [-0.15, -0.1) is 11.3 Å². The monoisotopic (exact) mass is 417 g/mol. The zero-order valence-electron chi connectivity index (χ0n) is 12.9. The second-order valence-corrected chi connectivity index (χ2v) is 8.13. The molecule has 0 spiro atoms. The van der Waals surface area contributed by atoms with Gasteiger partial charge >= 0.3 is 0 Å². The molecule has 1 aromatic carbocycles. The first-order chi connectivity index (χ1) is 11.9. The molecule has 2 amide bonds. The van der Waals surface area contributed by atoms with Gasteiger partial charge in [0.15, 0.2) is 0 Å². The quantitative estimate of drug-likeness (QED) is 0.719. The maximum atomic E-state index is 12.6. The molecule has 2 aromatic rings. The van der Waals surface area contributed by atoms with Gasteiger partial charge in [0.05, 0.1) is 24.9 Å². The SMILES string of the molecule is Nc1c(Cl)cc(NC(=O)[C@@H]2CCCN2C(=O)c2ccc(Cl)s2)cc1Cl. The molecule has 1 aliphatic rings. The van der Waals surface area contributed by atoms with Gasteiger partial charge in [-0.1, -0.05) is 34.8 Å². The summed E-state index contributed by atoms with van der Waals surface area (Å²) >= 11 is 19.1. The highest BCUT2D eigenvalue weighted by Crippen LogP contribution is 2.32. The molecule has 25 heavy (non-hydrogen) atoms. The summed E-state index contributed by atoms with van der Waals surface area (Å²) in [6.07, 6.45) is 1.35. The minimum absolute atomic E-state index is 0.192. The fourth-order valence-corrected chi connectivity index (χ4v) is 4.22. The van der Waals surface area contributed by atoms with E-state index in [0.717, 1.165) is 6.42 Å². The topological polar surface area (TPSA) is 75.4 Å². The molecule has 1 aromatic heterocycles. The molecule has 3 rings (SSSR count). The van der Waals surface area contributed by atoms with E-state index in [-0.39, 0.29) is 27.5 Å². The second kappa shape index (κ2) is 7.41. The van der Waals surface area contributed by atoms with Crippen LogP contribution < -0.4 is 11.1 Å². The lowest BCUT2D eigenvalue weighted by Gasteiger charge is -2.23. The molecule has 0 aliphatic carbocycles. The molecule has 1 fully saturated rings. The fourth-order valence-electron chi connectivity index (χ4n) is 2.74. The number of carbonyl (C=O) groups is 2. The maximum absolute atomic E-state index is 12.6. The number of nitrogens with two attached hydrogens (primary N) is 1. The summed E-state index contributed by atoms with van der Waals surface area (Å²) < 4.78 is 0.537. The van der Waals surface area contributed by atoms with Crippen molar-refractivity contribution < 1.29 is 9.59 Å². The molecule has 5 nitrogen and oxygen atoms in total. The molecule has 1 aliphatic heterocycles. The summed E-state index contributed by atoms with van der Waals surface area (Å²) in [6, 6.07) is 5.84. The maximum Gasteiger partial charge on any atom is 0.264 e. The van der Waals surface area contributed by atoms with Gasteiger partial charge in [0, 0.05) is 12.2 Å². The van der Waals surface area contributed by atoms with Crippen LogP contribution in [0.15, 0.2) is 24.3 Å². The van der Waals surface area contributed by atoms with Gasteiger partial charge < -0.3 is 16.0 Å². The minimum Gasteiger partial charge on any atom is -0.396 e. The zero-order valence-corrected chi connectivity index (χ0v) is 16.0.